The average molecular weight is 703 g/mol. The number of carbonyl (C=O) groups excluding carboxylic acids is 1. The number of piperidine rings is 3. The van der Waals surface area contributed by atoms with E-state index in [9.17, 15) is 19.8 Å². The number of pyridine rings is 1. The van der Waals surface area contributed by atoms with Gasteiger partial charge >= 0.3 is 6.09 Å². The summed E-state index contributed by atoms with van der Waals surface area (Å²) in [6.07, 6.45) is 1.66. The van der Waals surface area contributed by atoms with Crippen LogP contribution in [0.1, 0.15) is 58.4 Å². The predicted molar refractivity (Wildman–Crippen MR) is 201 cm³/mol. The van der Waals surface area contributed by atoms with Crippen molar-refractivity contribution < 1.29 is 24.5 Å². The highest BCUT2D eigenvalue weighted by molar-refractivity contribution is 5.87. The van der Waals surface area contributed by atoms with Crippen molar-refractivity contribution in [2.45, 2.75) is 51.0 Å². The molecule has 8 rings (SSSR count). The number of fused-ring (bicyclic) bond motifs is 4. The zero-order chi connectivity index (χ0) is 36.0. The van der Waals surface area contributed by atoms with Gasteiger partial charge in [0.2, 0.25) is 5.56 Å². The monoisotopic (exact) mass is 702 g/mol. The number of hydrogen-bond acceptors (Lipinski definition) is 8. The molecular weight excluding hydrogens is 656 g/mol. The molecular formula is C42H46N4O6. The number of aliphatic hydroxyl groups excluding tert-OH is 1. The Morgan fingerprint density at radius 1 is 0.962 bits per heavy atom. The van der Waals surface area contributed by atoms with Crippen molar-refractivity contribution in [1.82, 2.24) is 20.5 Å². The summed E-state index contributed by atoms with van der Waals surface area (Å²) in [7, 11) is 0. The standard InChI is InChI=1S/C42H46N4O6/c1-27-22-28(16-19-43-24-37(48)34-12-14-36(47)41-35(34)13-15-39(49)44-41)10-11-32(27)26-51-33-9-5-8-31(23-33)40(30-6-3-2-4-7-30)45-42(50)52-38-25-46-20-17-29(38)18-21-46/h2-15,22-23,29,37-38,40,43,47-48H,16-21,24-26H2,1H3,(H,44,49)(H,45,50)/t37-,38-,40-/m0/s1. The van der Waals surface area contributed by atoms with Crippen molar-refractivity contribution in [3.8, 4) is 11.5 Å². The molecule has 52 heavy (non-hydrogen) atoms. The third-order valence-corrected chi connectivity index (χ3v) is 10.4. The van der Waals surface area contributed by atoms with Gasteiger partial charge in [0.25, 0.3) is 0 Å². The molecule has 0 saturated carbocycles. The summed E-state index contributed by atoms with van der Waals surface area (Å²) >= 11 is 0. The molecule has 3 saturated heterocycles. The van der Waals surface area contributed by atoms with Crippen molar-refractivity contribution in [3.05, 3.63) is 141 Å². The first-order valence-electron chi connectivity index (χ1n) is 18.1. The fourth-order valence-electron chi connectivity index (χ4n) is 7.49. The zero-order valence-corrected chi connectivity index (χ0v) is 29.4. The minimum absolute atomic E-state index is 0.0307. The minimum Gasteiger partial charge on any atom is -0.506 e. The van der Waals surface area contributed by atoms with E-state index in [1.165, 1.54) is 17.7 Å². The summed E-state index contributed by atoms with van der Waals surface area (Å²) in [4.78, 5) is 30.0. The second-order valence-corrected chi connectivity index (χ2v) is 13.9. The van der Waals surface area contributed by atoms with E-state index >= 15 is 0 Å². The highest BCUT2D eigenvalue weighted by Gasteiger charge is 2.37. The Hall–Kier alpha value is -5.16. The Labute approximate surface area is 303 Å². The van der Waals surface area contributed by atoms with E-state index in [-0.39, 0.29) is 23.5 Å². The van der Waals surface area contributed by atoms with Crippen molar-refractivity contribution in [2.75, 3.05) is 32.7 Å². The van der Waals surface area contributed by atoms with Gasteiger partial charge in [0, 0.05) is 24.5 Å². The number of aromatic nitrogens is 1. The van der Waals surface area contributed by atoms with Crippen LogP contribution in [0.15, 0.2) is 102 Å². The van der Waals surface area contributed by atoms with E-state index in [1.807, 2.05) is 54.6 Å². The second kappa shape index (κ2) is 16.0. The number of amides is 1. The molecule has 10 nitrogen and oxygen atoms in total. The molecule has 0 unspecified atom stereocenters. The lowest BCUT2D eigenvalue weighted by Gasteiger charge is -2.43. The SMILES string of the molecule is Cc1cc(CCNC[C@H](O)c2ccc(O)c3[nH]c(=O)ccc23)ccc1COc1cccc([C@@H](NC(=O)O[C@H]2CN3CCC2CC3)c2ccccc2)c1. The third kappa shape index (κ3) is 8.31. The van der Waals surface area contributed by atoms with Crippen LogP contribution in [0.2, 0.25) is 0 Å². The van der Waals surface area contributed by atoms with Gasteiger partial charge in [-0.3, -0.25) is 9.69 Å². The van der Waals surface area contributed by atoms with Crippen LogP contribution in [0.3, 0.4) is 0 Å². The lowest BCUT2D eigenvalue weighted by atomic mass is 9.86. The Morgan fingerprint density at radius 2 is 1.77 bits per heavy atom. The van der Waals surface area contributed by atoms with Crippen LogP contribution in [0, 0.1) is 12.8 Å². The summed E-state index contributed by atoms with van der Waals surface area (Å²) in [6.45, 7) is 6.45. The Bertz CT molecular complexity index is 2060. The molecule has 1 amide bonds. The number of benzene rings is 4. The first kappa shape index (κ1) is 35.3. The van der Waals surface area contributed by atoms with Crippen LogP contribution in [-0.4, -0.2) is 65.0 Å². The van der Waals surface area contributed by atoms with E-state index in [1.54, 1.807) is 12.1 Å². The molecule has 1 aromatic heterocycles. The Kier molecular flexibility index (Phi) is 10.9. The van der Waals surface area contributed by atoms with Crippen LogP contribution in [0.5, 0.6) is 11.5 Å². The molecule has 2 bridgehead atoms. The fourth-order valence-corrected chi connectivity index (χ4v) is 7.49. The number of alkyl carbamates (subject to hydrolysis) is 1. The van der Waals surface area contributed by atoms with Crippen molar-refractivity contribution in [1.29, 1.82) is 0 Å². The number of hydrogen-bond donors (Lipinski definition) is 5. The molecule has 270 valence electrons. The van der Waals surface area contributed by atoms with E-state index in [4.69, 9.17) is 9.47 Å². The number of nitrogens with one attached hydrogen (secondary N) is 3. The highest BCUT2D eigenvalue weighted by atomic mass is 16.6. The summed E-state index contributed by atoms with van der Waals surface area (Å²) in [5.41, 5.74) is 5.89. The second-order valence-electron chi connectivity index (χ2n) is 13.9. The number of aliphatic hydroxyl groups is 1. The van der Waals surface area contributed by atoms with Crippen LogP contribution in [0.4, 0.5) is 4.79 Å². The molecule has 10 heteroatoms. The molecule has 0 aliphatic carbocycles. The number of aromatic amines is 1. The van der Waals surface area contributed by atoms with Gasteiger partial charge in [-0.05, 0) is 109 Å². The first-order chi connectivity index (χ1) is 25.3. The lowest BCUT2D eigenvalue weighted by molar-refractivity contribution is -0.0336. The van der Waals surface area contributed by atoms with Crippen LogP contribution in [-0.2, 0) is 17.8 Å². The number of rotatable bonds is 13. The smallest absolute Gasteiger partial charge is 0.408 e. The maximum atomic E-state index is 13.2. The fraction of sp³-hybridized carbons (Fsp3) is 0.333. The Balaban J connectivity index is 0.933. The van der Waals surface area contributed by atoms with Crippen molar-refractivity contribution in [2.24, 2.45) is 5.92 Å². The maximum absolute atomic E-state index is 13.2. The van der Waals surface area contributed by atoms with Gasteiger partial charge in [-0.25, -0.2) is 4.79 Å². The van der Waals surface area contributed by atoms with Crippen molar-refractivity contribution in [3.63, 3.8) is 0 Å². The topological polar surface area (TPSA) is 136 Å². The van der Waals surface area contributed by atoms with E-state index in [0.717, 1.165) is 61.2 Å². The lowest BCUT2D eigenvalue weighted by Crippen LogP contribution is -2.52. The van der Waals surface area contributed by atoms with Gasteiger partial charge in [-0.2, -0.15) is 0 Å². The van der Waals surface area contributed by atoms with Crippen LogP contribution in [0.25, 0.3) is 10.9 Å². The van der Waals surface area contributed by atoms with Gasteiger partial charge in [0.15, 0.2) is 0 Å². The highest BCUT2D eigenvalue weighted by Crippen LogP contribution is 2.31. The first-order valence-corrected chi connectivity index (χ1v) is 18.1. The number of nitrogens with zero attached hydrogens (tertiary/aromatic N) is 1. The molecule has 4 aromatic carbocycles. The van der Waals surface area contributed by atoms with Crippen LogP contribution >= 0.6 is 0 Å². The zero-order valence-electron chi connectivity index (χ0n) is 29.4. The quantitative estimate of drug-likeness (QED) is 0.0959. The van der Waals surface area contributed by atoms with E-state index in [0.29, 0.717) is 47.8 Å². The molecule has 4 heterocycles. The van der Waals surface area contributed by atoms with Crippen LogP contribution < -0.4 is 20.9 Å². The van der Waals surface area contributed by atoms with Gasteiger partial charge < -0.3 is 35.3 Å². The molecule has 3 fully saturated rings. The van der Waals surface area contributed by atoms with E-state index < -0.39 is 12.2 Å². The van der Waals surface area contributed by atoms with Gasteiger partial charge in [-0.15, -0.1) is 0 Å². The average Bonchev–Trinajstić information content (AvgIpc) is 3.16. The number of aryl methyl sites for hydroxylation is 1. The number of aromatic hydroxyl groups is 1. The largest absolute Gasteiger partial charge is 0.506 e. The predicted octanol–water partition coefficient (Wildman–Crippen LogP) is 5.90. The summed E-state index contributed by atoms with van der Waals surface area (Å²) in [5, 5.41) is 28.1. The van der Waals surface area contributed by atoms with Crippen molar-refractivity contribution >= 4 is 17.0 Å². The minimum atomic E-state index is -0.809. The number of phenolic OH excluding ortho intramolecular Hbond substituents is 1. The number of ether oxygens (including phenoxy) is 2. The van der Waals surface area contributed by atoms with Gasteiger partial charge in [0.1, 0.15) is 24.2 Å². The molecule has 3 aliphatic rings. The maximum Gasteiger partial charge on any atom is 0.408 e. The molecule has 3 atom stereocenters. The Morgan fingerprint density at radius 3 is 2.54 bits per heavy atom. The van der Waals surface area contributed by atoms with Gasteiger partial charge in [0.05, 0.1) is 17.7 Å². The van der Waals surface area contributed by atoms with Gasteiger partial charge in [-0.1, -0.05) is 66.7 Å². The normalized spacial score (nSPS) is 19.2. The molecule has 5 N–H and O–H groups in total. The van der Waals surface area contributed by atoms with E-state index in [2.05, 4.69) is 45.6 Å². The summed E-state index contributed by atoms with van der Waals surface area (Å²) < 4.78 is 12.3. The molecule has 0 radical (unpaired) electrons. The third-order valence-electron chi connectivity index (χ3n) is 10.4. The molecule has 0 spiro atoms. The molecule has 3 aliphatic heterocycles. The number of carbonyl (C=O) groups is 1. The summed E-state index contributed by atoms with van der Waals surface area (Å²) in [6, 6.07) is 29.9. The summed E-state index contributed by atoms with van der Waals surface area (Å²) in [5.74, 6) is 1.12. The molecule has 5 aromatic rings. The number of H-pyrrole nitrogens is 1. The number of phenols is 1.